The highest BCUT2D eigenvalue weighted by Crippen LogP contribution is 2.17. The van der Waals surface area contributed by atoms with E-state index >= 15 is 0 Å². The third-order valence-electron chi connectivity index (χ3n) is 3.80. The SMILES string of the molecule is O=C(Nc1ccccc1C(=O)N/N=C\c1ccc(O)cc1)c1ccc(Cl)cc1. The van der Waals surface area contributed by atoms with Crippen LogP contribution in [0.3, 0.4) is 0 Å². The largest absolute Gasteiger partial charge is 0.508 e. The summed E-state index contributed by atoms with van der Waals surface area (Å²) in [7, 11) is 0. The van der Waals surface area contributed by atoms with Crippen LogP contribution in [0.4, 0.5) is 5.69 Å². The van der Waals surface area contributed by atoms with Crippen molar-refractivity contribution in [3.05, 3.63) is 94.5 Å². The number of para-hydroxylation sites is 1. The average molecular weight is 394 g/mol. The zero-order chi connectivity index (χ0) is 19.9. The normalized spacial score (nSPS) is 10.6. The number of halogens is 1. The minimum atomic E-state index is -0.470. The molecule has 0 fully saturated rings. The van der Waals surface area contributed by atoms with Crippen LogP contribution in [0, 0.1) is 0 Å². The molecular weight excluding hydrogens is 378 g/mol. The van der Waals surface area contributed by atoms with Crippen molar-refractivity contribution in [2.24, 2.45) is 5.10 Å². The maximum atomic E-state index is 12.4. The molecule has 3 rings (SSSR count). The highest BCUT2D eigenvalue weighted by molar-refractivity contribution is 6.30. The smallest absolute Gasteiger partial charge is 0.273 e. The Balaban J connectivity index is 1.70. The monoisotopic (exact) mass is 393 g/mol. The Morgan fingerprint density at radius 3 is 2.29 bits per heavy atom. The van der Waals surface area contributed by atoms with Gasteiger partial charge in [-0.1, -0.05) is 23.7 Å². The van der Waals surface area contributed by atoms with Crippen molar-refractivity contribution < 1.29 is 14.7 Å². The van der Waals surface area contributed by atoms with Gasteiger partial charge in [-0.05, 0) is 66.2 Å². The van der Waals surface area contributed by atoms with E-state index in [1.54, 1.807) is 60.7 Å². The van der Waals surface area contributed by atoms with Gasteiger partial charge in [-0.2, -0.15) is 5.10 Å². The Morgan fingerprint density at radius 2 is 1.57 bits per heavy atom. The molecular formula is C21H16ClN3O3. The van der Waals surface area contributed by atoms with Crippen molar-refractivity contribution in [2.45, 2.75) is 0 Å². The molecule has 2 amide bonds. The molecule has 7 heteroatoms. The number of rotatable bonds is 5. The molecule has 0 bridgehead atoms. The van der Waals surface area contributed by atoms with E-state index in [9.17, 15) is 14.7 Å². The van der Waals surface area contributed by atoms with Crippen LogP contribution in [-0.2, 0) is 0 Å². The lowest BCUT2D eigenvalue weighted by Crippen LogP contribution is -2.21. The zero-order valence-electron chi connectivity index (χ0n) is 14.6. The molecule has 3 aromatic carbocycles. The first-order chi connectivity index (χ1) is 13.5. The van der Waals surface area contributed by atoms with Crippen LogP contribution in [0.1, 0.15) is 26.3 Å². The molecule has 0 heterocycles. The first-order valence-corrected chi connectivity index (χ1v) is 8.69. The van der Waals surface area contributed by atoms with Crippen LogP contribution in [-0.4, -0.2) is 23.1 Å². The number of carbonyl (C=O) groups excluding carboxylic acids is 2. The van der Waals surface area contributed by atoms with Gasteiger partial charge in [-0.3, -0.25) is 9.59 Å². The van der Waals surface area contributed by atoms with Crippen LogP contribution in [0.25, 0.3) is 0 Å². The number of benzene rings is 3. The minimum absolute atomic E-state index is 0.145. The quantitative estimate of drug-likeness (QED) is 0.451. The molecule has 0 aliphatic heterocycles. The number of aromatic hydroxyl groups is 1. The molecule has 0 aliphatic rings. The van der Waals surface area contributed by atoms with Crippen molar-refractivity contribution in [3.8, 4) is 5.75 Å². The highest BCUT2D eigenvalue weighted by atomic mass is 35.5. The number of nitrogens with zero attached hydrogens (tertiary/aromatic N) is 1. The van der Waals surface area contributed by atoms with E-state index in [4.69, 9.17) is 11.6 Å². The van der Waals surface area contributed by atoms with Crippen LogP contribution >= 0.6 is 11.6 Å². The van der Waals surface area contributed by atoms with Gasteiger partial charge >= 0.3 is 0 Å². The van der Waals surface area contributed by atoms with Crippen molar-refractivity contribution in [3.63, 3.8) is 0 Å². The van der Waals surface area contributed by atoms with Crippen molar-refractivity contribution in [1.82, 2.24) is 5.43 Å². The molecule has 6 nitrogen and oxygen atoms in total. The van der Waals surface area contributed by atoms with E-state index in [0.29, 0.717) is 21.8 Å². The summed E-state index contributed by atoms with van der Waals surface area (Å²) in [5.74, 6) is -0.682. The second-order valence-corrected chi connectivity index (χ2v) is 6.23. The summed E-state index contributed by atoms with van der Waals surface area (Å²) >= 11 is 5.83. The molecule has 0 aliphatic carbocycles. The predicted octanol–water partition coefficient (Wildman–Crippen LogP) is 4.06. The van der Waals surface area contributed by atoms with Crippen LogP contribution in [0.2, 0.25) is 5.02 Å². The standard InChI is InChI=1S/C21H16ClN3O3/c22-16-9-7-15(8-10-16)20(27)24-19-4-2-1-3-18(19)21(28)25-23-13-14-5-11-17(26)12-6-14/h1-13,26H,(H,24,27)(H,25,28)/b23-13-. The average Bonchev–Trinajstić information content (AvgIpc) is 2.70. The summed E-state index contributed by atoms with van der Waals surface area (Å²) in [4.78, 5) is 24.8. The van der Waals surface area contributed by atoms with Gasteiger partial charge in [0.25, 0.3) is 11.8 Å². The van der Waals surface area contributed by atoms with Crippen LogP contribution in [0.15, 0.2) is 77.9 Å². The topological polar surface area (TPSA) is 90.8 Å². The summed E-state index contributed by atoms with van der Waals surface area (Å²) in [5, 5.41) is 16.4. The fourth-order valence-corrected chi connectivity index (χ4v) is 2.50. The number of hydrazone groups is 1. The number of phenols is 1. The maximum Gasteiger partial charge on any atom is 0.273 e. The molecule has 0 saturated heterocycles. The van der Waals surface area contributed by atoms with Crippen molar-refractivity contribution in [2.75, 3.05) is 5.32 Å². The molecule has 0 radical (unpaired) electrons. The van der Waals surface area contributed by atoms with E-state index in [1.807, 2.05) is 0 Å². The lowest BCUT2D eigenvalue weighted by Gasteiger charge is -2.10. The van der Waals surface area contributed by atoms with Crippen molar-refractivity contribution >= 4 is 35.3 Å². The Kier molecular flexibility index (Phi) is 6.04. The molecule has 140 valence electrons. The highest BCUT2D eigenvalue weighted by Gasteiger charge is 2.13. The Labute approximate surface area is 166 Å². The number of amides is 2. The van der Waals surface area contributed by atoms with Gasteiger partial charge in [0, 0.05) is 10.6 Å². The van der Waals surface area contributed by atoms with Gasteiger partial charge in [0.1, 0.15) is 5.75 Å². The van der Waals surface area contributed by atoms with Gasteiger partial charge < -0.3 is 10.4 Å². The second-order valence-electron chi connectivity index (χ2n) is 5.80. The van der Waals surface area contributed by atoms with Gasteiger partial charge in [0.15, 0.2) is 0 Å². The molecule has 0 aromatic heterocycles. The molecule has 0 spiro atoms. The number of anilines is 1. The molecule has 3 aromatic rings. The van der Waals surface area contributed by atoms with E-state index in [-0.39, 0.29) is 17.2 Å². The summed E-state index contributed by atoms with van der Waals surface area (Å²) in [6, 6.07) is 19.4. The fraction of sp³-hybridized carbons (Fsp3) is 0. The summed E-state index contributed by atoms with van der Waals surface area (Å²) in [5.41, 5.74) is 4.19. The maximum absolute atomic E-state index is 12.4. The first-order valence-electron chi connectivity index (χ1n) is 8.31. The van der Waals surface area contributed by atoms with E-state index in [2.05, 4.69) is 15.8 Å². The number of phenolic OH excluding ortho intramolecular Hbond substituents is 1. The molecule has 0 atom stereocenters. The van der Waals surface area contributed by atoms with E-state index in [1.165, 1.54) is 18.3 Å². The van der Waals surface area contributed by atoms with E-state index < -0.39 is 5.91 Å². The number of carbonyl (C=O) groups is 2. The Bertz CT molecular complexity index is 1020. The third kappa shape index (κ3) is 4.96. The van der Waals surface area contributed by atoms with Crippen molar-refractivity contribution in [1.29, 1.82) is 0 Å². The number of hydrogen-bond donors (Lipinski definition) is 3. The van der Waals surface area contributed by atoms with Crippen LogP contribution in [0.5, 0.6) is 5.75 Å². The van der Waals surface area contributed by atoms with Gasteiger partial charge in [0.2, 0.25) is 0 Å². The van der Waals surface area contributed by atoms with Gasteiger partial charge in [0.05, 0.1) is 17.5 Å². The molecule has 3 N–H and O–H groups in total. The lowest BCUT2D eigenvalue weighted by atomic mass is 10.1. The number of hydrogen-bond acceptors (Lipinski definition) is 4. The summed E-state index contributed by atoms with van der Waals surface area (Å²) in [6.07, 6.45) is 1.45. The van der Waals surface area contributed by atoms with Crippen LogP contribution < -0.4 is 10.7 Å². The molecule has 28 heavy (non-hydrogen) atoms. The number of nitrogens with one attached hydrogen (secondary N) is 2. The zero-order valence-corrected chi connectivity index (χ0v) is 15.4. The van der Waals surface area contributed by atoms with Gasteiger partial charge in [-0.15, -0.1) is 0 Å². The van der Waals surface area contributed by atoms with Gasteiger partial charge in [-0.25, -0.2) is 5.43 Å². The lowest BCUT2D eigenvalue weighted by molar-refractivity contribution is 0.0956. The third-order valence-corrected chi connectivity index (χ3v) is 4.05. The first kappa shape index (κ1) is 19.1. The Morgan fingerprint density at radius 1 is 0.893 bits per heavy atom. The minimum Gasteiger partial charge on any atom is -0.508 e. The predicted molar refractivity (Wildman–Crippen MR) is 109 cm³/mol. The summed E-state index contributed by atoms with van der Waals surface area (Å²) < 4.78 is 0. The van der Waals surface area contributed by atoms with E-state index in [0.717, 1.165) is 0 Å². The second kappa shape index (κ2) is 8.83. The molecule has 0 unspecified atom stereocenters. The summed E-state index contributed by atoms with van der Waals surface area (Å²) in [6.45, 7) is 0. The fourth-order valence-electron chi connectivity index (χ4n) is 2.37. The Hall–Kier alpha value is -3.64. The molecule has 0 saturated carbocycles.